The van der Waals surface area contributed by atoms with Gasteiger partial charge in [-0.3, -0.25) is 4.28 Å². The molecule has 0 saturated heterocycles. The number of benzene rings is 1. The van der Waals surface area contributed by atoms with Crippen LogP contribution in [0.5, 0.6) is 5.75 Å². The normalized spacial score (nSPS) is 21.6. The summed E-state index contributed by atoms with van der Waals surface area (Å²) in [7, 11) is -1.91. The third-order valence-electron chi connectivity index (χ3n) is 3.14. The lowest BCUT2D eigenvalue weighted by Crippen LogP contribution is -2.08. The summed E-state index contributed by atoms with van der Waals surface area (Å²) in [6.45, 7) is 0. The highest BCUT2D eigenvalue weighted by Gasteiger charge is 2.25. The lowest BCUT2D eigenvalue weighted by molar-refractivity contribution is 0.341. The second-order valence-electron chi connectivity index (χ2n) is 4.58. The lowest BCUT2D eigenvalue weighted by Gasteiger charge is -2.11. The SMILES string of the molecule is COc1ccc(C2CCC/C2=N/OS(C)(=O)=O)cc1. The summed E-state index contributed by atoms with van der Waals surface area (Å²) in [5.74, 6) is 0.931. The fourth-order valence-corrected chi connectivity index (χ4v) is 2.48. The third-order valence-corrected chi connectivity index (χ3v) is 3.48. The molecule has 0 radical (unpaired) electrons. The maximum Gasteiger partial charge on any atom is 0.325 e. The Morgan fingerprint density at radius 3 is 2.53 bits per heavy atom. The average Bonchev–Trinajstić information content (AvgIpc) is 2.84. The molecule has 6 heteroatoms. The zero-order valence-electron chi connectivity index (χ0n) is 11.0. The predicted octanol–water partition coefficient (Wildman–Crippen LogP) is 2.29. The minimum Gasteiger partial charge on any atom is -0.497 e. The average molecular weight is 283 g/mol. The van der Waals surface area contributed by atoms with Gasteiger partial charge in [0.1, 0.15) is 5.75 Å². The minimum atomic E-state index is -3.54. The lowest BCUT2D eigenvalue weighted by atomic mass is 9.96. The Hall–Kier alpha value is -1.56. The van der Waals surface area contributed by atoms with Crippen LogP contribution in [0.2, 0.25) is 0 Å². The van der Waals surface area contributed by atoms with Crippen molar-refractivity contribution in [2.24, 2.45) is 5.16 Å². The molecule has 1 aliphatic rings. The topological polar surface area (TPSA) is 65.0 Å². The number of nitrogens with zero attached hydrogens (tertiary/aromatic N) is 1. The summed E-state index contributed by atoms with van der Waals surface area (Å²) < 4.78 is 31.6. The van der Waals surface area contributed by atoms with Gasteiger partial charge in [-0.1, -0.05) is 17.3 Å². The van der Waals surface area contributed by atoms with Gasteiger partial charge in [0.2, 0.25) is 0 Å². The number of oxime groups is 1. The van der Waals surface area contributed by atoms with Gasteiger partial charge in [0.15, 0.2) is 0 Å². The minimum absolute atomic E-state index is 0.132. The van der Waals surface area contributed by atoms with Gasteiger partial charge in [-0.25, -0.2) is 0 Å². The predicted molar refractivity (Wildman–Crippen MR) is 72.9 cm³/mol. The molecule has 1 aliphatic carbocycles. The van der Waals surface area contributed by atoms with E-state index < -0.39 is 10.1 Å². The molecule has 0 spiro atoms. The van der Waals surface area contributed by atoms with Crippen molar-refractivity contribution in [2.45, 2.75) is 25.2 Å². The second-order valence-corrected chi connectivity index (χ2v) is 6.14. The molecule has 1 aromatic rings. The quantitative estimate of drug-likeness (QED) is 0.795. The summed E-state index contributed by atoms with van der Waals surface area (Å²) in [5.41, 5.74) is 1.89. The summed E-state index contributed by atoms with van der Waals surface area (Å²) >= 11 is 0. The van der Waals surface area contributed by atoms with Crippen LogP contribution in [0.1, 0.15) is 30.7 Å². The molecule has 0 amide bonds. The molecule has 0 bridgehead atoms. The van der Waals surface area contributed by atoms with Gasteiger partial charge >= 0.3 is 10.1 Å². The van der Waals surface area contributed by atoms with E-state index in [9.17, 15) is 8.42 Å². The Balaban J connectivity index is 2.18. The van der Waals surface area contributed by atoms with Crippen molar-refractivity contribution >= 4 is 15.8 Å². The zero-order chi connectivity index (χ0) is 13.9. The molecule has 1 unspecified atom stereocenters. The van der Waals surface area contributed by atoms with E-state index in [2.05, 4.69) is 9.44 Å². The Labute approximate surface area is 113 Å². The summed E-state index contributed by atoms with van der Waals surface area (Å²) in [6.07, 6.45) is 3.71. The largest absolute Gasteiger partial charge is 0.497 e. The van der Waals surface area contributed by atoms with E-state index >= 15 is 0 Å². The standard InChI is InChI=1S/C13H17NO4S/c1-17-11-8-6-10(7-9-11)12-4-3-5-13(12)14-18-19(2,15)16/h6-9,12H,3-5H2,1-2H3/b14-13-. The van der Waals surface area contributed by atoms with Crippen LogP contribution in [0.25, 0.3) is 0 Å². The highest BCUT2D eigenvalue weighted by atomic mass is 32.2. The molecule has 1 atom stereocenters. The van der Waals surface area contributed by atoms with Crippen molar-refractivity contribution in [3.8, 4) is 5.75 Å². The van der Waals surface area contributed by atoms with Crippen LogP contribution >= 0.6 is 0 Å². The van der Waals surface area contributed by atoms with E-state index in [4.69, 9.17) is 4.74 Å². The van der Waals surface area contributed by atoms with Crippen LogP contribution in [0.4, 0.5) is 0 Å². The van der Waals surface area contributed by atoms with Crippen molar-refractivity contribution in [3.05, 3.63) is 29.8 Å². The molecule has 104 valence electrons. The van der Waals surface area contributed by atoms with Crippen LogP contribution in [0, 0.1) is 0 Å². The number of hydrogen-bond donors (Lipinski definition) is 0. The van der Waals surface area contributed by atoms with Crippen LogP contribution in [-0.4, -0.2) is 27.5 Å². The van der Waals surface area contributed by atoms with Crippen LogP contribution in [0.15, 0.2) is 29.4 Å². The molecule has 1 fully saturated rings. The highest BCUT2D eigenvalue weighted by molar-refractivity contribution is 7.85. The van der Waals surface area contributed by atoms with E-state index in [1.165, 1.54) is 0 Å². The Kier molecular flexibility index (Phi) is 4.09. The highest BCUT2D eigenvalue weighted by Crippen LogP contribution is 2.33. The number of ether oxygens (including phenoxy) is 1. The van der Waals surface area contributed by atoms with Crippen molar-refractivity contribution in [1.29, 1.82) is 0 Å². The van der Waals surface area contributed by atoms with E-state index in [1.807, 2.05) is 24.3 Å². The fourth-order valence-electron chi connectivity index (χ4n) is 2.25. The van der Waals surface area contributed by atoms with Crippen molar-refractivity contribution in [1.82, 2.24) is 0 Å². The number of methoxy groups -OCH3 is 1. The van der Waals surface area contributed by atoms with Crippen molar-refractivity contribution < 1.29 is 17.4 Å². The van der Waals surface area contributed by atoms with Gasteiger partial charge in [0.25, 0.3) is 0 Å². The van der Waals surface area contributed by atoms with Crippen LogP contribution in [0.3, 0.4) is 0 Å². The number of rotatable bonds is 4. The zero-order valence-corrected chi connectivity index (χ0v) is 11.8. The first-order valence-corrected chi connectivity index (χ1v) is 7.90. The summed E-state index contributed by atoms with van der Waals surface area (Å²) in [5, 5.41) is 3.79. The Morgan fingerprint density at radius 2 is 1.95 bits per heavy atom. The maximum absolute atomic E-state index is 11.0. The molecule has 1 saturated carbocycles. The molecule has 1 aromatic carbocycles. The smallest absolute Gasteiger partial charge is 0.325 e. The van der Waals surface area contributed by atoms with E-state index in [-0.39, 0.29) is 5.92 Å². The monoisotopic (exact) mass is 283 g/mol. The van der Waals surface area contributed by atoms with Gasteiger partial charge in [-0.15, -0.1) is 0 Å². The van der Waals surface area contributed by atoms with Gasteiger partial charge in [0.05, 0.1) is 19.1 Å². The van der Waals surface area contributed by atoms with Crippen LogP contribution < -0.4 is 4.74 Å². The molecule has 5 nitrogen and oxygen atoms in total. The van der Waals surface area contributed by atoms with Crippen molar-refractivity contribution in [2.75, 3.05) is 13.4 Å². The molecule has 0 aliphatic heterocycles. The molecular weight excluding hydrogens is 266 g/mol. The first-order chi connectivity index (χ1) is 8.99. The fraction of sp³-hybridized carbons (Fsp3) is 0.462. The van der Waals surface area contributed by atoms with Crippen LogP contribution in [-0.2, 0) is 14.4 Å². The van der Waals surface area contributed by atoms with E-state index in [0.717, 1.165) is 42.5 Å². The van der Waals surface area contributed by atoms with E-state index in [1.54, 1.807) is 7.11 Å². The molecular formula is C13H17NO4S. The number of hydrogen-bond acceptors (Lipinski definition) is 5. The third kappa shape index (κ3) is 3.70. The van der Waals surface area contributed by atoms with Gasteiger partial charge < -0.3 is 4.74 Å². The van der Waals surface area contributed by atoms with Gasteiger partial charge in [0, 0.05) is 5.92 Å². The Morgan fingerprint density at radius 1 is 1.26 bits per heavy atom. The first-order valence-electron chi connectivity index (χ1n) is 6.09. The van der Waals surface area contributed by atoms with E-state index in [0.29, 0.717) is 0 Å². The van der Waals surface area contributed by atoms with Crippen molar-refractivity contribution in [3.63, 3.8) is 0 Å². The van der Waals surface area contributed by atoms with Gasteiger partial charge in [-0.05, 0) is 37.0 Å². The molecule has 0 heterocycles. The first kappa shape index (κ1) is 13.9. The molecule has 0 N–H and O–H groups in total. The molecule has 2 rings (SSSR count). The van der Waals surface area contributed by atoms with Gasteiger partial charge in [-0.2, -0.15) is 8.42 Å². The Bertz CT molecular complexity index is 563. The summed E-state index contributed by atoms with van der Waals surface area (Å²) in [6, 6.07) is 7.74. The molecule has 0 aromatic heterocycles. The summed E-state index contributed by atoms with van der Waals surface area (Å²) in [4.78, 5) is 0. The molecule has 19 heavy (non-hydrogen) atoms. The second kappa shape index (κ2) is 5.61. The maximum atomic E-state index is 11.0.